The van der Waals surface area contributed by atoms with Gasteiger partial charge in [0.25, 0.3) is 0 Å². The van der Waals surface area contributed by atoms with Crippen LogP contribution >= 0.6 is 22.9 Å². The third-order valence-electron chi connectivity index (χ3n) is 4.14. The number of aryl methyl sites for hydroxylation is 1. The van der Waals surface area contributed by atoms with E-state index in [4.69, 9.17) is 11.6 Å². The molecule has 21 heavy (non-hydrogen) atoms. The van der Waals surface area contributed by atoms with Gasteiger partial charge < -0.3 is 4.90 Å². The standard InChI is InChI=1S/C17H18ClNOS/c1-11-7-8-21-16(11)10-19(2)17(20)14-9-13(14)12-5-3-4-6-15(12)18/h3-8,13-14H,9-10H2,1-2H3. The molecular formula is C17H18ClNOS. The van der Waals surface area contributed by atoms with Crippen molar-refractivity contribution < 1.29 is 4.79 Å². The van der Waals surface area contributed by atoms with Crippen molar-refractivity contribution in [3.63, 3.8) is 0 Å². The highest BCUT2D eigenvalue weighted by Gasteiger charge is 2.45. The average Bonchev–Trinajstić information content (AvgIpc) is 3.16. The highest BCUT2D eigenvalue weighted by atomic mass is 35.5. The maximum atomic E-state index is 12.5. The van der Waals surface area contributed by atoms with E-state index in [2.05, 4.69) is 18.4 Å². The van der Waals surface area contributed by atoms with Crippen LogP contribution in [0.3, 0.4) is 0 Å². The first-order valence-corrected chi connectivity index (χ1v) is 8.36. The molecule has 0 radical (unpaired) electrons. The van der Waals surface area contributed by atoms with Crippen LogP contribution in [0.1, 0.15) is 28.3 Å². The molecule has 1 aromatic heterocycles. The summed E-state index contributed by atoms with van der Waals surface area (Å²) >= 11 is 7.93. The molecule has 0 saturated heterocycles. The third-order valence-corrected chi connectivity index (χ3v) is 5.49. The number of hydrogen-bond acceptors (Lipinski definition) is 2. The Kier molecular flexibility index (Phi) is 4.05. The fourth-order valence-electron chi connectivity index (χ4n) is 2.73. The lowest BCUT2D eigenvalue weighted by Crippen LogP contribution is -2.27. The van der Waals surface area contributed by atoms with Gasteiger partial charge in [0.1, 0.15) is 0 Å². The van der Waals surface area contributed by atoms with Crippen LogP contribution in [-0.2, 0) is 11.3 Å². The number of carbonyl (C=O) groups excluding carboxylic acids is 1. The van der Waals surface area contributed by atoms with Crippen LogP contribution in [0, 0.1) is 12.8 Å². The Labute approximate surface area is 134 Å². The van der Waals surface area contributed by atoms with Gasteiger partial charge in [-0.2, -0.15) is 0 Å². The summed E-state index contributed by atoms with van der Waals surface area (Å²) < 4.78 is 0. The van der Waals surface area contributed by atoms with Crippen molar-refractivity contribution in [3.05, 3.63) is 56.7 Å². The van der Waals surface area contributed by atoms with E-state index in [-0.39, 0.29) is 17.7 Å². The molecule has 1 heterocycles. The minimum Gasteiger partial charge on any atom is -0.340 e. The number of rotatable bonds is 4. The Morgan fingerprint density at radius 2 is 2.14 bits per heavy atom. The number of benzene rings is 1. The second kappa shape index (κ2) is 5.82. The molecule has 1 fully saturated rings. The molecule has 3 rings (SSSR count). The van der Waals surface area contributed by atoms with Crippen LogP contribution in [0.5, 0.6) is 0 Å². The average molecular weight is 320 g/mol. The van der Waals surface area contributed by atoms with Crippen LogP contribution in [-0.4, -0.2) is 17.9 Å². The number of carbonyl (C=O) groups is 1. The number of amides is 1. The van der Waals surface area contributed by atoms with Gasteiger partial charge in [-0.05, 0) is 47.9 Å². The molecule has 2 unspecified atom stereocenters. The Morgan fingerprint density at radius 3 is 2.81 bits per heavy atom. The molecule has 0 bridgehead atoms. The number of hydrogen-bond donors (Lipinski definition) is 0. The second-order valence-corrected chi connectivity index (χ2v) is 7.10. The minimum atomic E-state index is 0.0927. The summed E-state index contributed by atoms with van der Waals surface area (Å²) in [4.78, 5) is 15.6. The van der Waals surface area contributed by atoms with Gasteiger partial charge in [0.2, 0.25) is 5.91 Å². The zero-order chi connectivity index (χ0) is 15.0. The fraction of sp³-hybridized carbons (Fsp3) is 0.353. The topological polar surface area (TPSA) is 20.3 Å². The number of halogens is 1. The Morgan fingerprint density at radius 1 is 1.38 bits per heavy atom. The van der Waals surface area contributed by atoms with E-state index in [1.54, 1.807) is 11.3 Å². The smallest absolute Gasteiger partial charge is 0.226 e. The molecule has 4 heteroatoms. The van der Waals surface area contributed by atoms with Gasteiger partial charge in [0.15, 0.2) is 0 Å². The second-order valence-electron chi connectivity index (χ2n) is 5.69. The first kappa shape index (κ1) is 14.6. The molecular weight excluding hydrogens is 302 g/mol. The first-order chi connectivity index (χ1) is 10.1. The normalized spacial score (nSPS) is 20.3. The van der Waals surface area contributed by atoms with Gasteiger partial charge in [-0.1, -0.05) is 29.8 Å². The zero-order valence-corrected chi connectivity index (χ0v) is 13.7. The van der Waals surface area contributed by atoms with E-state index >= 15 is 0 Å². The molecule has 0 aliphatic heterocycles. The fourth-order valence-corrected chi connectivity index (χ4v) is 3.96. The van der Waals surface area contributed by atoms with Crippen LogP contribution < -0.4 is 0 Å². The minimum absolute atomic E-state index is 0.0927. The molecule has 2 atom stereocenters. The molecule has 2 nitrogen and oxygen atoms in total. The number of nitrogens with zero attached hydrogens (tertiary/aromatic N) is 1. The number of thiophene rings is 1. The van der Waals surface area contributed by atoms with Crippen molar-refractivity contribution in [1.82, 2.24) is 4.90 Å². The predicted molar refractivity (Wildman–Crippen MR) is 87.8 cm³/mol. The summed E-state index contributed by atoms with van der Waals surface area (Å²) in [6.45, 7) is 2.79. The first-order valence-electron chi connectivity index (χ1n) is 7.10. The van der Waals surface area contributed by atoms with E-state index in [1.165, 1.54) is 10.4 Å². The van der Waals surface area contributed by atoms with Crippen molar-refractivity contribution in [2.45, 2.75) is 25.8 Å². The lowest BCUT2D eigenvalue weighted by molar-refractivity contribution is -0.131. The zero-order valence-electron chi connectivity index (χ0n) is 12.2. The highest BCUT2D eigenvalue weighted by molar-refractivity contribution is 7.10. The van der Waals surface area contributed by atoms with E-state index in [0.717, 1.165) is 17.0 Å². The molecule has 2 aromatic rings. The van der Waals surface area contributed by atoms with Gasteiger partial charge in [-0.3, -0.25) is 4.79 Å². The van der Waals surface area contributed by atoms with Crippen LogP contribution in [0.4, 0.5) is 0 Å². The molecule has 1 saturated carbocycles. The van der Waals surface area contributed by atoms with Crippen molar-refractivity contribution in [2.75, 3.05) is 7.05 Å². The van der Waals surface area contributed by atoms with Gasteiger partial charge in [0.05, 0.1) is 6.54 Å². The molecule has 1 aliphatic carbocycles. The Hall–Kier alpha value is -1.32. The molecule has 0 spiro atoms. The van der Waals surface area contributed by atoms with Crippen LogP contribution in [0.25, 0.3) is 0 Å². The van der Waals surface area contributed by atoms with Crippen LogP contribution in [0.2, 0.25) is 5.02 Å². The van der Waals surface area contributed by atoms with E-state index in [1.807, 2.05) is 36.2 Å². The monoisotopic (exact) mass is 319 g/mol. The predicted octanol–water partition coefficient (Wildman–Crippen LogP) is 4.47. The van der Waals surface area contributed by atoms with E-state index in [9.17, 15) is 4.79 Å². The SMILES string of the molecule is Cc1ccsc1CN(C)C(=O)C1CC1c1ccccc1Cl. The molecule has 1 aliphatic rings. The largest absolute Gasteiger partial charge is 0.340 e. The summed E-state index contributed by atoms with van der Waals surface area (Å²) in [6, 6.07) is 9.94. The summed E-state index contributed by atoms with van der Waals surface area (Å²) in [5, 5.41) is 2.85. The van der Waals surface area contributed by atoms with Gasteiger partial charge in [-0.15, -0.1) is 11.3 Å². The summed E-state index contributed by atoms with van der Waals surface area (Å²) in [5.41, 5.74) is 2.37. The Balaban J connectivity index is 1.65. The van der Waals surface area contributed by atoms with Gasteiger partial charge >= 0.3 is 0 Å². The molecule has 0 N–H and O–H groups in total. The van der Waals surface area contributed by atoms with E-state index < -0.39 is 0 Å². The summed E-state index contributed by atoms with van der Waals surface area (Å²) in [5.74, 6) is 0.612. The van der Waals surface area contributed by atoms with Gasteiger partial charge in [-0.25, -0.2) is 0 Å². The maximum Gasteiger partial charge on any atom is 0.226 e. The quantitative estimate of drug-likeness (QED) is 0.814. The molecule has 1 aromatic carbocycles. The van der Waals surface area contributed by atoms with Crippen molar-refractivity contribution in [1.29, 1.82) is 0 Å². The summed E-state index contributed by atoms with van der Waals surface area (Å²) in [6.07, 6.45) is 0.913. The molecule has 1 amide bonds. The lowest BCUT2D eigenvalue weighted by atomic mass is 10.1. The van der Waals surface area contributed by atoms with Crippen LogP contribution in [0.15, 0.2) is 35.7 Å². The van der Waals surface area contributed by atoms with Crippen molar-refractivity contribution in [3.8, 4) is 0 Å². The summed E-state index contributed by atoms with van der Waals surface area (Å²) in [7, 11) is 1.89. The Bertz CT molecular complexity index is 666. The lowest BCUT2D eigenvalue weighted by Gasteiger charge is -2.17. The van der Waals surface area contributed by atoms with E-state index in [0.29, 0.717) is 6.54 Å². The highest BCUT2D eigenvalue weighted by Crippen LogP contribution is 2.50. The molecule has 110 valence electrons. The maximum absolute atomic E-state index is 12.5. The van der Waals surface area contributed by atoms with Crippen molar-refractivity contribution in [2.24, 2.45) is 5.92 Å². The van der Waals surface area contributed by atoms with Crippen molar-refractivity contribution >= 4 is 28.8 Å². The third kappa shape index (κ3) is 2.99. The van der Waals surface area contributed by atoms with Gasteiger partial charge in [0, 0.05) is 22.9 Å².